The van der Waals surface area contributed by atoms with Crippen molar-refractivity contribution in [3.8, 4) is 0 Å². The van der Waals surface area contributed by atoms with Gasteiger partial charge in [0.2, 0.25) is 5.91 Å². The Hall–Kier alpha value is -2.37. The summed E-state index contributed by atoms with van der Waals surface area (Å²) >= 11 is 0. The minimum atomic E-state index is -0.960. The molecule has 0 bridgehead atoms. The second kappa shape index (κ2) is 17.1. The molecule has 1 aromatic rings. The molecule has 0 fully saturated rings. The van der Waals surface area contributed by atoms with Crippen molar-refractivity contribution in [2.24, 2.45) is 0 Å². The Bertz CT molecular complexity index is 711. The van der Waals surface area contributed by atoms with Gasteiger partial charge < -0.3 is 14.8 Å². The van der Waals surface area contributed by atoms with Crippen LogP contribution in [-0.2, 0) is 36.7 Å². The number of carbonyl (C=O) groups excluding carboxylic acids is 3. The summed E-state index contributed by atoms with van der Waals surface area (Å²) in [6, 6.07) is 8.55. The van der Waals surface area contributed by atoms with Crippen LogP contribution in [-0.4, -0.2) is 36.6 Å². The van der Waals surface area contributed by atoms with Gasteiger partial charge in [0.1, 0.15) is 18.8 Å². The molecule has 0 spiro atoms. The predicted octanol–water partition coefficient (Wildman–Crippen LogP) is 5.69. The molecule has 1 aromatic carbocycles. The minimum Gasteiger partial charge on any atom is -0.463 e. The zero-order chi connectivity index (χ0) is 25.2. The van der Waals surface area contributed by atoms with Crippen LogP contribution in [0.3, 0.4) is 0 Å². The summed E-state index contributed by atoms with van der Waals surface area (Å²) in [4.78, 5) is 34.6. The lowest BCUT2D eigenvalue weighted by Crippen LogP contribution is -2.55. The van der Waals surface area contributed by atoms with Gasteiger partial charge in [-0.2, -0.15) is 0 Å². The van der Waals surface area contributed by atoms with E-state index in [0.29, 0.717) is 12.8 Å². The Morgan fingerprint density at radius 2 is 1.15 bits per heavy atom. The summed E-state index contributed by atoms with van der Waals surface area (Å²) in [5.74, 6) is -1.16. The van der Waals surface area contributed by atoms with E-state index < -0.39 is 17.5 Å². The molecule has 192 valence electrons. The summed E-state index contributed by atoms with van der Waals surface area (Å²) in [6.45, 7) is 6.19. The topological polar surface area (TPSA) is 81.7 Å². The Kier molecular flexibility index (Phi) is 14.9. The smallest absolute Gasteiger partial charge is 0.302 e. The number of aryl methyl sites for hydroxylation is 2. The van der Waals surface area contributed by atoms with E-state index >= 15 is 0 Å². The van der Waals surface area contributed by atoms with Gasteiger partial charge >= 0.3 is 11.9 Å². The van der Waals surface area contributed by atoms with Gasteiger partial charge in [0.05, 0.1) is 0 Å². The van der Waals surface area contributed by atoms with E-state index in [2.05, 4.69) is 36.5 Å². The average molecular weight is 476 g/mol. The Morgan fingerprint density at radius 1 is 0.706 bits per heavy atom. The number of hydrogen-bond acceptors (Lipinski definition) is 5. The first-order valence-electron chi connectivity index (χ1n) is 12.9. The molecule has 0 unspecified atom stereocenters. The van der Waals surface area contributed by atoms with Crippen LogP contribution in [0.4, 0.5) is 0 Å². The molecule has 34 heavy (non-hydrogen) atoms. The molecule has 0 aliphatic heterocycles. The average Bonchev–Trinajstić information content (AvgIpc) is 2.79. The number of benzene rings is 1. The maximum atomic E-state index is 11.8. The maximum absolute atomic E-state index is 11.8. The van der Waals surface area contributed by atoms with Gasteiger partial charge in [-0.05, 0) is 36.8 Å². The van der Waals surface area contributed by atoms with Crippen LogP contribution >= 0.6 is 0 Å². The zero-order valence-electron chi connectivity index (χ0n) is 21.8. The van der Waals surface area contributed by atoms with Gasteiger partial charge in [0.25, 0.3) is 0 Å². The van der Waals surface area contributed by atoms with E-state index in [9.17, 15) is 14.4 Å². The number of hydrogen-bond donors (Lipinski definition) is 1. The molecule has 0 heterocycles. The molecule has 0 aromatic heterocycles. The van der Waals surface area contributed by atoms with E-state index in [1.165, 1.54) is 84.1 Å². The summed E-state index contributed by atoms with van der Waals surface area (Å²) in [6.07, 6.45) is 14.2. The molecule has 0 aliphatic rings. The molecule has 0 saturated heterocycles. The Morgan fingerprint density at radius 3 is 1.59 bits per heavy atom. The van der Waals surface area contributed by atoms with Crippen LogP contribution in [0.25, 0.3) is 0 Å². The molecule has 6 nitrogen and oxygen atoms in total. The Balaban J connectivity index is 2.54. The first-order chi connectivity index (χ1) is 16.3. The molecule has 0 aliphatic carbocycles. The molecule has 0 saturated carbocycles. The Labute approximate surface area is 206 Å². The van der Waals surface area contributed by atoms with E-state index in [1.807, 2.05) is 0 Å². The molecule has 1 amide bonds. The van der Waals surface area contributed by atoms with Gasteiger partial charge in [-0.3, -0.25) is 14.4 Å². The predicted molar refractivity (Wildman–Crippen MR) is 136 cm³/mol. The van der Waals surface area contributed by atoms with Crippen molar-refractivity contribution in [1.29, 1.82) is 0 Å². The number of ether oxygens (including phenoxy) is 2. The third-order valence-electron chi connectivity index (χ3n) is 6.03. The van der Waals surface area contributed by atoms with Crippen LogP contribution < -0.4 is 5.32 Å². The third-order valence-corrected chi connectivity index (χ3v) is 6.03. The van der Waals surface area contributed by atoms with Crippen molar-refractivity contribution in [3.05, 3.63) is 35.4 Å². The number of carbonyl (C=O) groups is 3. The van der Waals surface area contributed by atoms with Crippen LogP contribution in [0.5, 0.6) is 0 Å². The maximum Gasteiger partial charge on any atom is 0.302 e. The van der Waals surface area contributed by atoms with Gasteiger partial charge in [-0.15, -0.1) is 0 Å². The number of amides is 1. The van der Waals surface area contributed by atoms with Crippen molar-refractivity contribution < 1.29 is 23.9 Å². The number of nitrogens with one attached hydrogen (secondary N) is 1. The fraction of sp³-hybridized carbons (Fsp3) is 0.679. The molecule has 0 radical (unpaired) electrons. The van der Waals surface area contributed by atoms with Crippen LogP contribution in [0.2, 0.25) is 0 Å². The molecule has 1 rings (SSSR count). The first kappa shape index (κ1) is 29.7. The molecular formula is C28H45NO5. The van der Waals surface area contributed by atoms with E-state index in [-0.39, 0.29) is 19.1 Å². The lowest BCUT2D eigenvalue weighted by atomic mass is 9.91. The number of rotatable bonds is 18. The fourth-order valence-corrected chi connectivity index (χ4v) is 4.07. The minimum absolute atomic E-state index is 0.0497. The molecule has 6 heteroatoms. The highest BCUT2D eigenvalue weighted by molar-refractivity contribution is 5.74. The highest BCUT2D eigenvalue weighted by Gasteiger charge is 2.34. The largest absolute Gasteiger partial charge is 0.463 e. The second-order valence-electron chi connectivity index (χ2n) is 9.42. The summed E-state index contributed by atoms with van der Waals surface area (Å²) in [5.41, 5.74) is 1.49. The first-order valence-corrected chi connectivity index (χ1v) is 12.9. The standard InChI is InChI=1S/C28H45NO5/c1-5-6-7-8-9-10-11-12-13-14-26-15-17-27(18-16-26)19-20-28(29-23(2)30,21-33-24(3)31)22-34-25(4)32/h15-18H,5-14,19-22H2,1-4H3,(H,29,30). The molecular weight excluding hydrogens is 430 g/mol. The van der Waals surface area contributed by atoms with Gasteiger partial charge in [0.15, 0.2) is 0 Å². The van der Waals surface area contributed by atoms with Crippen LogP contribution in [0, 0.1) is 0 Å². The molecule has 0 atom stereocenters. The van der Waals surface area contributed by atoms with Crippen molar-refractivity contribution in [1.82, 2.24) is 5.32 Å². The summed E-state index contributed by atoms with van der Waals surface area (Å²) in [7, 11) is 0. The number of esters is 2. The quantitative estimate of drug-likeness (QED) is 0.218. The van der Waals surface area contributed by atoms with E-state index in [0.717, 1.165) is 12.0 Å². The summed E-state index contributed by atoms with van der Waals surface area (Å²) < 4.78 is 10.4. The van der Waals surface area contributed by atoms with E-state index in [4.69, 9.17) is 9.47 Å². The van der Waals surface area contributed by atoms with Crippen LogP contribution in [0.15, 0.2) is 24.3 Å². The van der Waals surface area contributed by atoms with Crippen LogP contribution in [0.1, 0.15) is 103 Å². The normalized spacial score (nSPS) is 11.2. The van der Waals surface area contributed by atoms with Crippen molar-refractivity contribution in [2.45, 2.75) is 110 Å². The fourth-order valence-electron chi connectivity index (χ4n) is 4.07. The zero-order valence-corrected chi connectivity index (χ0v) is 21.8. The number of unbranched alkanes of at least 4 members (excludes halogenated alkanes) is 8. The van der Waals surface area contributed by atoms with Gasteiger partial charge in [-0.1, -0.05) is 82.6 Å². The van der Waals surface area contributed by atoms with E-state index in [1.54, 1.807) is 0 Å². The van der Waals surface area contributed by atoms with Gasteiger partial charge in [0, 0.05) is 20.8 Å². The lowest BCUT2D eigenvalue weighted by Gasteiger charge is -2.33. The monoisotopic (exact) mass is 475 g/mol. The SMILES string of the molecule is CCCCCCCCCCCc1ccc(CCC(COC(C)=O)(COC(C)=O)NC(C)=O)cc1. The van der Waals surface area contributed by atoms with Crippen molar-refractivity contribution >= 4 is 17.8 Å². The highest BCUT2D eigenvalue weighted by atomic mass is 16.5. The lowest BCUT2D eigenvalue weighted by molar-refractivity contribution is -0.150. The summed E-state index contributed by atoms with van der Waals surface area (Å²) in [5, 5.41) is 2.85. The third kappa shape index (κ3) is 14.0. The van der Waals surface area contributed by atoms with Crippen molar-refractivity contribution in [3.63, 3.8) is 0 Å². The van der Waals surface area contributed by atoms with Crippen molar-refractivity contribution in [2.75, 3.05) is 13.2 Å². The highest BCUT2D eigenvalue weighted by Crippen LogP contribution is 2.19. The second-order valence-corrected chi connectivity index (χ2v) is 9.42. The molecule has 1 N–H and O–H groups in total. The van der Waals surface area contributed by atoms with Gasteiger partial charge in [-0.25, -0.2) is 0 Å².